The van der Waals surface area contributed by atoms with Gasteiger partial charge in [-0.2, -0.15) is 0 Å². The largest absolute Gasteiger partial charge is 0.129 e. The summed E-state index contributed by atoms with van der Waals surface area (Å²) in [4.78, 5) is 1.25. The Morgan fingerprint density at radius 2 is 1.94 bits per heavy atom. The topological polar surface area (TPSA) is 0 Å². The van der Waals surface area contributed by atoms with Crippen LogP contribution in [-0.2, 0) is 0 Å². The molecule has 16 heavy (non-hydrogen) atoms. The lowest BCUT2D eigenvalue weighted by molar-refractivity contribution is 1.42. The molecule has 82 valence electrons. The van der Waals surface area contributed by atoms with Crippen LogP contribution in [0.1, 0.15) is 0 Å². The van der Waals surface area contributed by atoms with Crippen LogP contribution >= 0.6 is 39.3 Å². The van der Waals surface area contributed by atoms with Crippen LogP contribution < -0.4 is 0 Å². The van der Waals surface area contributed by atoms with E-state index in [0.717, 1.165) is 15.1 Å². The maximum atomic E-state index is 6.01. The van der Waals surface area contributed by atoms with E-state index in [4.69, 9.17) is 11.6 Å². The zero-order chi connectivity index (χ0) is 11.5. The lowest BCUT2D eigenvalue weighted by Crippen LogP contribution is -1.82. The maximum Gasteiger partial charge on any atom is 0.0412 e. The van der Waals surface area contributed by atoms with Crippen LogP contribution in [0, 0.1) is 0 Å². The molecule has 0 bridgehead atoms. The summed E-state index contributed by atoms with van der Waals surface area (Å²) < 4.78 is 1.10. The SMILES string of the molecule is CSc1cc(Br)ccc1-c1cccc(Cl)c1. The summed E-state index contributed by atoms with van der Waals surface area (Å²) in [5.74, 6) is 0. The van der Waals surface area contributed by atoms with Crippen molar-refractivity contribution in [2.45, 2.75) is 4.90 Å². The van der Waals surface area contributed by atoms with Gasteiger partial charge < -0.3 is 0 Å². The molecule has 0 aliphatic heterocycles. The second-order valence-corrected chi connectivity index (χ2v) is 5.56. The Labute approximate surface area is 113 Å². The fraction of sp³-hybridized carbons (Fsp3) is 0.0769. The highest BCUT2D eigenvalue weighted by atomic mass is 79.9. The van der Waals surface area contributed by atoms with Gasteiger partial charge in [-0.15, -0.1) is 11.8 Å². The third kappa shape index (κ3) is 2.62. The minimum absolute atomic E-state index is 0.771. The van der Waals surface area contributed by atoms with Crippen molar-refractivity contribution in [3.05, 3.63) is 52.0 Å². The fourth-order valence-corrected chi connectivity index (χ4v) is 2.91. The smallest absolute Gasteiger partial charge is 0.0412 e. The van der Waals surface area contributed by atoms with Gasteiger partial charge in [0.1, 0.15) is 0 Å². The number of halogens is 2. The lowest BCUT2D eigenvalue weighted by Gasteiger charge is -2.08. The van der Waals surface area contributed by atoms with E-state index in [0.29, 0.717) is 0 Å². The second kappa shape index (κ2) is 5.26. The predicted octanol–water partition coefficient (Wildman–Crippen LogP) is 5.49. The summed E-state index contributed by atoms with van der Waals surface area (Å²) >= 11 is 11.2. The molecule has 0 heterocycles. The Morgan fingerprint density at radius 3 is 2.62 bits per heavy atom. The molecule has 0 atom stereocenters. The number of hydrogen-bond acceptors (Lipinski definition) is 1. The van der Waals surface area contributed by atoms with Crippen molar-refractivity contribution in [1.82, 2.24) is 0 Å². The van der Waals surface area contributed by atoms with E-state index in [-0.39, 0.29) is 0 Å². The molecule has 2 aromatic carbocycles. The third-order valence-corrected chi connectivity index (χ3v) is 3.81. The molecule has 2 aromatic rings. The highest BCUT2D eigenvalue weighted by Crippen LogP contribution is 2.33. The molecule has 2 rings (SSSR count). The number of thioether (sulfide) groups is 1. The molecule has 0 aliphatic rings. The first kappa shape index (κ1) is 12.0. The summed E-state index contributed by atoms with van der Waals surface area (Å²) in [6.45, 7) is 0. The quantitative estimate of drug-likeness (QED) is 0.660. The van der Waals surface area contributed by atoms with Crippen LogP contribution in [0.5, 0.6) is 0 Å². The molecule has 0 radical (unpaired) electrons. The minimum Gasteiger partial charge on any atom is -0.129 e. The molecule has 0 unspecified atom stereocenters. The highest BCUT2D eigenvalue weighted by molar-refractivity contribution is 9.10. The predicted molar refractivity (Wildman–Crippen MR) is 76.4 cm³/mol. The molecule has 0 amide bonds. The van der Waals surface area contributed by atoms with Gasteiger partial charge in [0, 0.05) is 14.4 Å². The van der Waals surface area contributed by atoms with E-state index in [9.17, 15) is 0 Å². The fourth-order valence-electron chi connectivity index (χ4n) is 1.56. The molecular weight excluding hydrogens is 304 g/mol. The van der Waals surface area contributed by atoms with Crippen LogP contribution in [0.15, 0.2) is 51.8 Å². The Kier molecular flexibility index (Phi) is 3.95. The van der Waals surface area contributed by atoms with E-state index in [1.54, 1.807) is 11.8 Å². The van der Waals surface area contributed by atoms with Gasteiger partial charge in [-0.3, -0.25) is 0 Å². The average Bonchev–Trinajstić information content (AvgIpc) is 2.28. The van der Waals surface area contributed by atoms with Crippen LogP contribution in [0.3, 0.4) is 0 Å². The zero-order valence-corrected chi connectivity index (χ0v) is 11.9. The molecule has 0 saturated carbocycles. The number of benzene rings is 2. The van der Waals surface area contributed by atoms with E-state index in [2.05, 4.69) is 46.5 Å². The average molecular weight is 314 g/mol. The Balaban J connectivity index is 2.55. The van der Waals surface area contributed by atoms with E-state index >= 15 is 0 Å². The molecule has 3 heteroatoms. The summed E-state index contributed by atoms with van der Waals surface area (Å²) in [7, 11) is 0. The molecule has 0 fully saturated rings. The molecule has 0 aliphatic carbocycles. The first-order valence-electron chi connectivity index (χ1n) is 4.80. The normalized spacial score (nSPS) is 10.4. The van der Waals surface area contributed by atoms with Crippen LogP contribution in [0.4, 0.5) is 0 Å². The van der Waals surface area contributed by atoms with Gasteiger partial charge in [-0.25, -0.2) is 0 Å². The molecule has 0 N–H and O–H groups in total. The van der Waals surface area contributed by atoms with Crippen molar-refractivity contribution in [1.29, 1.82) is 0 Å². The van der Waals surface area contributed by atoms with Crippen LogP contribution in [-0.4, -0.2) is 6.26 Å². The lowest BCUT2D eigenvalue weighted by atomic mass is 10.1. The first-order chi connectivity index (χ1) is 7.70. The summed E-state index contributed by atoms with van der Waals surface area (Å²) in [5, 5.41) is 0.771. The van der Waals surface area contributed by atoms with Gasteiger partial charge in [0.25, 0.3) is 0 Å². The van der Waals surface area contributed by atoms with E-state index in [1.807, 2.05) is 18.2 Å². The van der Waals surface area contributed by atoms with Gasteiger partial charge >= 0.3 is 0 Å². The molecule has 0 nitrogen and oxygen atoms in total. The van der Waals surface area contributed by atoms with E-state index in [1.165, 1.54) is 10.5 Å². The van der Waals surface area contributed by atoms with Crippen molar-refractivity contribution < 1.29 is 0 Å². The van der Waals surface area contributed by atoms with Crippen molar-refractivity contribution in [2.24, 2.45) is 0 Å². The molecule has 0 spiro atoms. The Hall–Kier alpha value is -0.440. The van der Waals surface area contributed by atoms with Gasteiger partial charge in [0.05, 0.1) is 0 Å². The number of rotatable bonds is 2. The first-order valence-corrected chi connectivity index (χ1v) is 7.20. The third-order valence-electron chi connectivity index (χ3n) is 2.30. The summed E-state index contributed by atoms with van der Waals surface area (Å²) in [6, 6.07) is 14.2. The highest BCUT2D eigenvalue weighted by Gasteiger charge is 2.05. The summed E-state index contributed by atoms with van der Waals surface area (Å²) in [5.41, 5.74) is 2.38. The van der Waals surface area contributed by atoms with E-state index < -0.39 is 0 Å². The van der Waals surface area contributed by atoms with Crippen molar-refractivity contribution >= 4 is 39.3 Å². The van der Waals surface area contributed by atoms with Gasteiger partial charge in [0.2, 0.25) is 0 Å². The zero-order valence-electron chi connectivity index (χ0n) is 8.71. The van der Waals surface area contributed by atoms with Crippen molar-refractivity contribution in [2.75, 3.05) is 6.26 Å². The second-order valence-electron chi connectivity index (χ2n) is 3.35. The van der Waals surface area contributed by atoms with Crippen LogP contribution in [0.25, 0.3) is 11.1 Å². The van der Waals surface area contributed by atoms with Crippen LogP contribution in [0.2, 0.25) is 5.02 Å². The standard InChI is InChI=1S/C13H10BrClS/c1-16-13-8-10(14)5-6-12(13)9-3-2-4-11(15)7-9/h2-8H,1H3. The van der Waals surface area contributed by atoms with Crippen molar-refractivity contribution in [3.63, 3.8) is 0 Å². The Morgan fingerprint density at radius 1 is 1.12 bits per heavy atom. The molecule has 0 aromatic heterocycles. The monoisotopic (exact) mass is 312 g/mol. The maximum absolute atomic E-state index is 6.01. The Bertz CT molecular complexity index is 511. The minimum atomic E-state index is 0.771. The van der Waals surface area contributed by atoms with Crippen molar-refractivity contribution in [3.8, 4) is 11.1 Å². The summed E-state index contributed by atoms with van der Waals surface area (Å²) in [6.07, 6.45) is 2.08. The number of hydrogen-bond donors (Lipinski definition) is 0. The van der Waals surface area contributed by atoms with Gasteiger partial charge in [-0.1, -0.05) is 45.7 Å². The molecule has 0 saturated heterocycles. The van der Waals surface area contributed by atoms with Gasteiger partial charge in [0.15, 0.2) is 0 Å². The molecular formula is C13H10BrClS. The van der Waals surface area contributed by atoms with Gasteiger partial charge in [-0.05, 0) is 41.6 Å².